The first-order valence-electron chi connectivity index (χ1n) is 9.90. The predicted molar refractivity (Wildman–Crippen MR) is 132 cm³/mol. The van der Waals surface area contributed by atoms with Gasteiger partial charge in [-0.3, -0.25) is 4.79 Å². The van der Waals surface area contributed by atoms with Crippen molar-refractivity contribution < 1.29 is 4.79 Å². The molecule has 160 valence electrons. The predicted octanol–water partition coefficient (Wildman–Crippen LogP) is 6.62. The van der Waals surface area contributed by atoms with E-state index in [4.69, 9.17) is 23.2 Å². The maximum atomic E-state index is 12.6. The number of aryl methyl sites for hydroxylation is 3. The fraction of sp³-hybridized carbons (Fsp3) is 0.208. The summed E-state index contributed by atoms with van der Waals surface area (Å²) in [4.78, 5) is 13.3. The second-order valence-corrected chi connectivity index (χ2v) is 9.67. The van der Waals surface area contributed by atoms with Crippen LogP contribution < -0.4 is 10.6 Å². The minimum Gasteiger partial charge on any atom is -0.356 e. The lowest BCUT2D eigenvalue weighted by Gasteiger charge is -2.15. The molecule has 1 aliphatic heterocycles. The van der Waals surface area contributed by atoms with Gasteiger partial charge in [0, 0.05) is 32.8 Å². The highest BCUT2D eigenvalue weighted by Crippen LogP contribution is 2.33. The number of carbonyl (C=O) groups excluding carboxylic acids is 1. The number of anilines is 1. The molecule has 2 aromatic carbocycles. The van der Waals surface area contributed by atoms with Crippen LogP contribution in [0.4, 0.5) is 5.69 Å². The second kappa shape index (κ2) is 8.65. The van der Waals surface area contributed by atoms with Crippen LogP contribution >= 0.6 is 35.0 Å². The zero-order valence-corrected chi connectivity index (χ0v) is 20.0. The van der Waals surface area contributed by atoms with Crippen molar-refractivity contribution in [2.24, 2.45) is 0 Å². The van der Waals surface area contributed by atoms with Crippen molar-refractivity contribution in [3.63, 3.8) is 0 Å². The maximum absolute atomic E-state index is 12.6. The molecule has 31 heavy (non-hydrogen) atoms. The van der Waals surface area contributed by atoms with Gasteiger partial charge in [-0.15, -0.1) is 0 Å². The summed E-state index contributed by atoms with van der Waals surface area (Å²) in [6.45, 7) is 8.10. The highest BCUT2D eigenvalue weighted by atomic mass is 35.5. The van der Waals surface area contributed by atoms with E-state index in [9.17, 15) is 4.79 Å². The Kier molecular flexibility index (Phi) is 6.11. The van der Waals surface area contributed by atoms with Gasteiger partial charge in [-0.05, 0) is 80.8 Å². The summed E-state index contributed by atoms with van der Waals surface area (Å²) in [5.41, 5.74) is 6.91. The number of benzene rings is 2. The van der Waals surface area contributed by atoms with Crippen molar-refractivity contribution in [3.05, 3.63) is 85.5 Å². The molecule has 0 spiro atoms. The largest absolute Gasteiger partial charge is 0.356 e. The molecule has 1 amide bonds. The normalized spacial score (nSPS) is 17.3. The van der Waals surface area contributed by atoms with Crippen LogP contribution in [0.25, 0.3) is 11.8 Å². The molecule has 7 heteroatoms. The summed E-state index contributed by atoms with van der Waals surface area (Å²) < 4.78 is 2.15. The van der Waals surface area contributed by atoms with Gasteiger partial charge in [-0.25, -0.2) is 0 Å². The summed E-state index contributed by atoms with van der Waals surface area (Å²) in [5.74, 6) is -0.0923. The van der Waals surface area contributed by atoms with Gasteiger partial charge in [0.15, 0.2) is 5.50 Å². The highest BCUT2D eigenvalue weighted by Gasteiger charge is 2.28. The van der Waals surface area contributed by atoms with Gasteiger partial charge in [-0.1, -0.05) is 47.1 Å². The number of aromatic nitrogens is 1. The standard InChI is InChI=1S/C24H23Cl2N3OS/c1-13-6-8-19(12-20(13)26)29-15(3)9-17(16(29)4)10-22-23(30)28-24(31-22)27-21-11-18(25)7-5-14(21)2/h5-12,24,27H,1-4H3,(H,28,30)/b22-10-. The first-order valence-corrected chi connectivity index (χ1v) is 11.5. The third-order valence-electron chi connectivity index (χ3n) is 5.39. The van der Waals surface area contributed by atoms with Gasteiger partial charge in [0.25, 0.3) is 5.91 Å². The van der Waals surface area contributed by atoms with Gasteiger partial charge < -0.3 is 15.2 Å². The average Bonchev–Trinajstić information content (AvgIpc) is 3.19. The summed E-state index contributed by atoms with van der Waals surface area (Å²) in [5, 5.41) is 7.72. The van der Waals surface area contributed by atoms with Crippen molar-refractivity contribution in [3.8, 4) is 5.69 Å². The van der Waals surface area contributed by atoms with Gasteiger partial charge in [0.1, 0.15) is 0 Å². The fourth-order valence-electron chi connectivity index (χ4n) is 3.65. The molecule has 2 N–H and O–H groups in total. The Morgan fingerprint density at radius 1 is 1.03 bits per heavy atom. The molecule has 0 aliphatic carbocycles. The van der Waals surface area contributed by atoms with Crippen LogP contribution in [-0.2, 0) is 4.79 Å². The number of nitrogens with zero attached hydrogens (tertiary/aromatic N) is 1. The molecule has 1 saturated heterocycles. The summed E-state index contributed by atoms with van der Waals surface area (Å²) in [6.07, 6.45) is 1.95. The molecular weight excluding hydrogens is 449 g/mol. The quantitative estimate of drug-likeness (QED) is 0.420. The SMILES string of the molecule is Cc1ccc(-n2c(C)cc(/C=C3\SC(Nc4cc(Cl)ccc4C)NC3=O)c2C)cc1Cl. The van der Waals surface area contributed by atoms with E-state index in [1.807, 2.05) is 50.3 Å². The Balaban J connectivity index is 1.59. The Morgan fingerprint density at radius 2 is 1.77 bits per heavy atom. The Labute approximate surface area is 196 Å². The molecule has 1 atom stereocenters. The van der Waals surface area contributed by atoms with Gasteiger partial charge in [0.05, 0.1) is 4.91 Å². The first kappa shape index (κ1) is 21.9. The number of nitrogens with one attached hydrogen (secondary N) is 2. The molecule has 1 aliphatic rings. The number of rotatable bonds is 4. The Bertz CT molecular complexity index is 1220. The molecule has 0 bridgehead atoms. The van der Waals surface area contributed by atoms with Crippen LogP contribution in [0.15, 0.2) is 47.4 Å². The molecule has 1 unspecified atom stereocenters. The van der Waals surface area contributed by atoms with E-state index in [2.05, 4.69) is 41.2 Å². The zero-order valence-electron chi connectivity index (χ0n) is 17.7. The molecular formula is C24H23Cl2N3OS. The zero-order chi connectivity index (χ0) is 22.3. The number of thioether (sulfide) groups is 1. The highest BCUT2D eigenvalue weighted by molar-refractivity contribution is 8.05. The van der Waals surface area contributed by atoms with E-state index in [1.54, 1.807) is 0 Å². The lowest BCUT2D eigenvalue weighted by Crippen LogP contribution is -2.31. The van der Waals surface area contributed by atoms with E-state index < -0.39 is 0 Å². The second-order valence-electron chi connectivity index (χ2n) is 7.68. The average molecular weight is 472 g/mol. The maximum Gasteiger partial charge on any atom is 0.260 e. The number of carbonyl (C=O) groups is 1. The molecule has 1 fully saturated rings. The van der Waals surface area contributed by atoms with E-state index in [1.165, 1.54) is 11.8 Å². The third kappa shape index (κ3) is 4.49. The van der Waals surface area contributed by atoms with Crippen LogP contribution in [-0.4, -0.2) is 16.0 Å². The molecule has 4 rings (SSSR count). The number of halogens is 2. The summed E-state index contributed by atoms with van der Waals surface area (Å²) in [7, 11) is 0. The van der Waals surface area contributed by atoms with Gasteiger partial charge in [-0.2, -0.15) is 0 Å². The topological polar surface area (TPSA) is 46.1 Å². The van der Waals surface area contributed by atoms with Crippen LogP contribution in [0.1, 0.15) is 28.1 Å². The van der Waals surface area contributed by atoms with Gasteiger partial charge >= 0.3 is 0 Å². The van der Waals surface area contributed by atoms with E-state index in [-0.39, 0.29) is 11.4 Å². The van der Waals surface area contributed by atoms with E-state index in [0.29, 0.717) is 9.93 Å². The van der Waals surface area contributed by atoms with E-state index in [0.717, 1.165) is 44.5 Å². The number of amides is 1. The number of hydrogen-bond donors (Lipinski definition) is 2. The summed E-state index contributed by atoms with van der Waals surface area (Å²) >= 11 is 13.9. The number of hydrogen-bond acceptors (Lipinski definition) is 3. The Hall–Kier alpha value is -2.34. The van der Waals surface area contributed by atoms with Crippen molar-refractivity contribution in [1.82, 2.24) is 9.88 Å². The van der Waals surface area contributed by atoms with E-state index >= 15 is 0 Å². The smallest absolute Gasteiger partial charge is 0.260 e. The lowest BCUT2D eigenvalue weighted by atomic mass is 10.2. The fourth-order valence-corrected chi connectivity index (χ4v) is 4.96. The Morgan fingerprint density at radius 3 is 2.52 bits per heavy atom. The molecule has 0 radical (unpaired) electrons. The van der Waals surface area contributed by atoms with Crippen molar-refractivity contribution in [2.75, 3.05) is 5.32 Å². The molecule has 4 nitrogen and oxygen atoms in total. The van der Waals surface area contributed by atoms with Crippen molar-refractivity contribution in [2.45, 2.75) is 33.2 Å². The van der Waals surface area contributed by atoms with Crippen molar-refractivity contribution >= 4 is 52.6 Å². The molecule has 0 saturated carbocycles. The first-order chi connectivity index (χ1) is 14.7. The molecule has 1 aromatic heterocycles. The van der Waals surface area contributed by atoms with Crippen LogP contribution in [0.3, 0.4) is 0 Å². The third-order valence-corrected chi connectivity index (χ3v) is 7.06. The molecule has 2 heterocycles. The minimum atomic E-state index is -0.254. The lowest BCUT2D eigenvalue weighted by molar-refractivity contribution is -0.116. The monoisotopic (exact) mass is 471 g/mol. The molecule has 3 aromatic rings. The van der Waals surface area contributed by atoms with Crippen molar-refractivity contribution in [1.29, 1.82) is 0 Å². The van der Waals surface area contributed by atoms with Crippen LogP contribution in [0.2, 0.25) is 10.0 Å². The minimum absolute atomic E-state index is 0.0923. The van der Waals surface area contributed by atoms with Crippen LogP contribution in [0.5, 0.6) is 0 Å². The van der Waals surface area contributed by atoms with Gasteiger partial charge in [0.2, 0.25) is 0 Å². The summed E-state index contributed by atoms with van der Waals surface area (Å²) in [6, 6.07) is 13.8. The van der Waals surface area contributed by atoms with Crippen LogP contribution in [0, 0.1) is 27.7 Å².